The van der Waals surface area contributed by atoms with Crippen LogP contribution in [-0.2, 0) is 0 Å². The Kier molecular flexibility index (Phi) is 4.89. The van der Waals surface area contributed by atoms with Gasteiger partial charge in [0.1, 0.15) is 17.0 Å². The second-order valence-electron chi connectivity index (χ2n) is 5.75. The number of nitrogens with zero attached hydrogens (tertiary/aromatic N) is 1. The van der Waals surface area contributed by atoms with E-state index in [1.807, 2.05) is 0 Å². The number of fused-ring (bicyclic) bond motifs is 1. The van der Waals surface area contributed by atoms with Crippen molar-refractivity contribution < 1.29 is 18.9 Å². The molecule has 27 heavy (non-hydrogen) atoms. The van der Waals surface area contributed by atoms with E-state index in [1.54, 1.807) is 32.0 Å². The number of hydrogen-bond donors (Lipinski definition) is 1. The molecule has 8 heteroatoms. The standard InChI is InChI=1S/C19H16N2O6/c1-3-26-12-7-8-14(15(9-12)21(24)25)20-19(23)17-10-16(22)13-6-4-5-11(2)18(13)27-17/h4-10H,3H2,1-2H3,(H,20,23). The minimum absolute atomic E-state index is 0.0269. The van der Waals surface area contributed by atoms with Gasteiger partial charge in [0.15, 0.2) is 11.2 Å². The zero-order valence-electron chi connectivity index (χ0n) is 14.6. The summed E-state index contributed by atoms with van der Waals surface area (Å²) in [5, 5.41) is 14.1. The van der Waals surface area contributed by atoms with Gasteiger partial charge in [-0.3, -0.25) is 19.7 Å². The van der Waals surface area contributed by atoms with Crippen molar-refractivity contribution in [1.29, 1.82) is 0 Å². The van der Waals surface area contributed by atoms with E-state index in [1.165, 1.54) is 18.2 Å². The van der Waals surface area contributed by atoms with Crippen molar-refractivity contribution in [2.75, 3.05) is 11.9 Å². The molecule has 0 unspecified atom stereocenters. The Morgan fingerprint density at radius 3 is 2.74 bits per heavy atom. The summed E-state index contributed by atoms with van der Waals surface area (Å²) < 4.78 is 10.8. The van der Waals surface area contributed by atoms with Gasteiger partial charge in [0.05, 0.1) is 23.0 Å². The average molecular weight is 368 g/mol. The molecule has 0 aliphatic carbocycles. The number of rotatable bonds is 5. The molecular weight excluding hydrogens is 352 g/mol. The molecule has 1 amide bonds. The molecule has 1 aromatic heterocycles. The number of nitrogens with one attached hydrogen (secondary N) is 1. The number of carbonyl (C=O) groups excluding carboxylic acids is 1. The van der Waals surface area contributed by atoms with Crippen LogP contribution in [-0.4, -0.2) is 17.4 Å². The van der Waals surface area contributed by atoms with E-state index in [9.17, 15) is 19.7 Å². The van der Waals surface area contributed by atoms with Gasteiger partial charge in [-0.25, -0.2) is 0 Å². The monoisotopic (exact) mass is 368 g/mol. The lowest BCUT2D eigenvalue weighted by Gasteiger charge is -2.09. The van der Waals surface area contributed by atoms with Gasteiger partial charge in [0, 0.05) is 6.07 Å². The first kappa shape index (κ1) is 18.1. The van der Waals surface area contributed by atoms with E-state index in [-0.39, 0.29) is 22.6 Å². The molecule has 3 aromatic rings. The maximum Gasteiger partial charge on any atom is 0.296 e. The summed E-state index contributed by atoms with van der Waals surface area (Å²) in [6.45, 7) is 3.86. The van der Waals surface area contributed by atoms with E-state index >= 15 is 0 Å². The van der Waals surface area contributed by atoms with Crippen LogP contribution in [0.5, 0.6) is 5.75 Å². The Bertz CT molecular complexity index is 1100. The first-order valence-corrected chi connectivity index (χ1v) is 8.16. The van der Waals surface area contributed by atoms with Crippen LogP contribution < -0.4 is 15.5 Å². The molecule has 3 rings (SSSR count). The molecular formula is C19H16N2O6. The maximum atomic E-state index is 12.5. The lowest BCUT2D eigenvalue weighted by Crippen LogP contribution is -2.16. The highest BCUT2D eigenvalue weighted by Crippen LogP contribution is 2.29. The second kappa shape index (κ2) is 7.28. The molecule has 0 spiro atoms. The summed E-state index contributed by atoms with van der Waals surface area (Å²) in [6, 6.07) is 10.2. The predicted octanol–water partition coefficient (Wildman–Crippen LogP) is 3.66. The fourth-order valence-corrected chi connectivity index (χ4v) is 2.64. The van der Waals surface area contributed by atoms with E-state index < -0.39 is 10.8 Å². The van der Waals surface area contributed by atoms with Gasteiger partial charge < -0.3 is 14.5 Å². The fourth-order valence-electron chi connectivity index (χ4n) is 2.64. The normalized spacial score (nSPS) is 10.6. The van der Waals surface area contributed by atoms with E-state index in [4.69, 9.17) is 9.15 Å². The SMILES string of the molecule is CCOc1ccc(NC(=O)c2cc(=O)c3cccc(C)c3o2)c([N+](=O)[O-])c1. The number of hydrogen-bond acceptors (Lipinski definition) is 6. The highest BCUT2D eigenvalue weighted by Gasteiger charge is 2.20. The summed E-state index contributed by atoms with van der Waals surface area (Å²) in [7, 11) is 0. The molecule has 2 aromatic carbocycles. The van der Waals surface area contributed by atoms with Crippen LogP contribution in [0, 0.1) is 17.0 Å². The van der Waals surface area contributed by atoms with Crippen molar-refractivity contribution in [2.45, 2.75) is 13.8 Å². The van der Waals surface area contributed by atoms with Crippen molar-refractivity contribution in [1.82, 2.24) is 0 Å². The summed E-state index contributed by atoms with van der Waals surface area (Å²) in [5.41, 5.74) is 0.281. The molecule has 0 saturated heterocycles. The molecule has 0 saturated carbocycles. The Hall–Kier alpha value is -3.68. The highest BCUT2D eigenvalue weighted by molar-refractivity contribution is 6.04. The van der Waals surface area contributed by atoms with Crippen LogP contribution in [0.25, 0.3) is 11.0 Å². The van der Waals surface area contributed by atoms with Gasteiger partial charge in [0.25, 0.3) is 11.6 Å². The molecule has 8 nitrogen and oxygen atoms in total. The Morgan fingerprint density at radius 2 is 2.04 bits per heavy atom. The number of aryl methyl sites for hydroxylation is 1. The molecule has 1 N–H and O–H groups in total. The molecule has 138 valence electrons. The number of carbonyl (C=O) groups is 1. The molecule has 0 aliphatic heterocycles. The predicted molar refractivity (Wildman–Crippen MR) is 99.4 cm³/mol. The summed E-state index contributed by atoms with van der Waals surface area (Å²) in [5.74, 6) is -0.676. The van der Waals surface area contributed by atoms with Gasteiger partial charge in [-0.15, -0.1) is 0 Å². The number of anilines is 1. The second-order valence-corrected chi connectivity index (χ2v) is 5.75. The van der Waals surface area contributed by atoms with E-state index in [0.717, 1.165) is 6.07 Å². The van der Waals surface area contributed by atoms with Gasteiger partial charge >= 0.3 is 0 Å². The van der Waals surface area contributed by atoms with Gasteiger partial charge in [-0.05, 0) is 37.6 Å². The van der Waals surface area contributed by atoms with Crippen LogP contribution in [0.3, 0.4) is 0 Å². The third-order valence-electron chi connectivity index (χ3n) is 3.90. The zero-order chi connectivity index (χ0) is 19.6. The van der Waals surface area contributed by atoms with Crippen molar-refractivity contribution in [3.05, 3.63) is 74.1 Å². The molecule has 0 radical (unpaired) electrons. The van der Waals surface area contributed by atoms with Gasteiger partial charge in [-0.1, -0.05) is 12.1 Å². The molecule has 0 bridgehead atoms. The van der Waals surface area contributed by atoms with E-state index in [0.29, 0.717) is 28.9 Å². The van der Waals surface area contributed by atoms with Crippen LogP contribution in [0.4, 0.5) is 11.4 Å². The minimum Gasteiger partial charge on any atom is -0.494 e. The van der Waals surface area contributed by atoms with Crippen LogP contribution in [0.2, 0.25) is 0 Å². The number of nitro benzene ring substituents is 1. The van der Waals surface area contributed by atoms with Crippen molar-refractivity contribution in [2.24, 2.45) is 0 Å². The topological polar surface area (TPSA) is 112 Å². The van der Waals surface area contributed by atoms with Crippen molar-refractivity contribution in [3.8, 4) is 5.75 Å². The maximum absolute atomic E-state index is 12.5. The Labute approximate surface area is 153 Å². The smallest absolute Gasteiger partial charge is 0.296 e. The molecule has 0 fully saturated rings. The van der Waals surface area contributed by atoms with Crippen LogP contribution >= 0.6 is 0 Å². The number of amides is 1. The first-order chi connectivity index (χ1) is 12.9. The highest BCUT2D eigenvalue weighted by atomic mass is 16.6. The van der Waals surface area contributed by atoms with Crippen LogP contribution in [0.1, 0.15) is 23.0 Å². The fraction of sp³-hybridized carbons (Fsp3) is 0.158. The van der Waals surface area contributed by atoms with Gasteiger partial charge in [-0.2, -0.15) is 0 Å². The largest absolute Gasteiger partial charge is 0.494 e. The molecule has 0 atom stereocenters. The Balaban J connectivity index is 1.98. The quantitative estimate of drug-likeness (QED) is 0.543. The number of para-hydroxylation sites is 1. The van der Waals surface area contributed by atoms with Gasteiger partial charge in [0.2, 0.25) is 0 Å². The average Bonchev–Trinajstić information content (AvgIpc) is 2.63. The molecule has 1 heterocycles. The minimum atomic E-state index is -0.760. The van der Waals surface area contributed by atoms with Crippen molar-refractivity contribution in [3.63, 3.8) is 0 Å². The zero-order valence-corrected chi connectivity index (χ0v) is 14.6. The summed E-state index contributed by atoms with van der Waals surface area (Å²) in [4.78, 5) is 35.4. The number of nitro groups is 1. The summed E-state index contributed by atoms with van der Waals surface area (Å²) >= 11 is 0. The summed E-state index contributed by atoms with van der Waals surface area (Å²) in [6.07, 6.45) is 0. The number of ether oxygens (including phenoxy) is 1. The lowest BCUT2D eigenvalue weighted by molar-refractivity contribution is -0.384. The van der Waals surface area contributed by atoms with Crippen molar-refractivity contribution >= 4 is 28.3 Å². The Morgan fingerprint density at radius 1 is 1.26 bits per heavy atom. The number of benzene rings is 2. The van der Waals surface area contributed by atoms with E-state index in [2.05, 4.69) is 5.32 Å². The lowest BCUT2D eigenvalue weighted by atomic mass is 10.1. The molecule has 0 aliphatic rings. The third-order valence-corrected chi connectivity index (χ3v) is 3.90. The third kappa shape index (κ3) is 3.64. The first-order valence-electron chi connectivity index (χ1n) is 8.16. The van der Waals surface area contributed by atoms with Crippen LogP contribution in [0.15, 0.2) is 51.7 Å².